The van der Waals surface area contributed by atoms with Crippen LogP contribution in [0.5, 0.6) is 0 Å². The first-order valence-electron chi connectivity index (χ1n) is 8.16. The number of urea groups is 1. The van der Waals surface area contributed by atoms with Gasteiger partial charge in [0.15, 0.2) is 0 Å². The molecule has 2 amide bonds. The molecule has 1 aromatic rings. The molecule has 1 saturated heterocycles. The summed E-state index contributed by atoms with van der Waals surface area (Å²) >= 11 is 0. The maximum absolute atomic E-state index is 12.1. The van der Waals surface area contributed by atoms with E-state index in [1.54, 1.807) is 11.8 Å². The number of likely N-dealkylation sites (tertiary alicyclic amines) is 1. The Labute approximate surface area is 140 Å². The minimum absolute atomic E-state index is 0.118. The molecule has 0 bridgehead atoms. The Hall–Kier alpha value is -1.40. The summed E-state index contributed by atoms with van der Waals surface area (Å²) in [6.45, 7) is 3.51. The lowest BCUT2D eigenvalue weighted by atomic mass is 9.94. The number of rotatable bonds is 6. The lowest BCUT2D eigenvalue weighted by molar-refractivity contribution is 0.0740. The Bertz CT molecular complexity index is 522. The summed E-state index contributed by atoms with van der Waals surface area (Å²) in [5, 5.41) is 12.5. The number of amides is 2. The van der Waals surface area contributed by atoms with E-state index in [9.17, 15) is 14.1 Å². The Kier molecular flexibility index (Phi) is 7.05. The lowest BCUT2D eigenvalue weighted by Gasteiger charge is -2.34. The smallest absolute Gasteiger partial charge is 0.317 e. The fourth-order valence-corrected chi connectivity index (χ4v) is 3.84. The summed E-state index contributed by atoms with van der Waals surface area (Å²) in [7, 11) is -0.980. The van der Waals surface area contributed by atoms with E-state index < -0.39 is 10.8 Å². The molecule has 0 spiro atoms. The summed E-state index contributed by atoms with van der Waals surface area (Å²) in [6, 6.07) is 9.60. The van der Waals surface area contributed by atoms with Crippen molar-refractivity contribution in [3.05, 3.63) is 35.9 Å². The van der Waals surface area contributed by atoms with E-state index in [2.05, 4.69) is 5.32 Å². The van der Waals surface area contributed by atoms with Crippen molar-refractivity contribution in [3.8, 4) is 0 Å². The Morgan fingerprint density at radius 3 is 2.87 bits per heavy atom. The summed E-state index contributed by atoms with van der Waals surface area (Å²) in [4.78, 5) is 13.9. The van der Waals surface area contributed by atoms with Crippen LogP contribution in [-0.2, 0) is 16.6 Å². The first kappa shape index (κ1) is 17.9. The summed E-state index contributed by atoms with van der Waals surface area (Å²) < 4.78 is 12.0. The standard InChI is InChI=1S/C17H26N2O3S/c1-14(20)16-8-5-10-19(12-16)17(21)18-9-11-23(22)13-15-6-3-2-4-7-15/h2-4,6-7,14,16,20H,5,8-13H2,1H3,(H,18,21). The van der Waals surface area contributed by atoms with Gasteiger partial charge in [0.25, 0.3) is 0 Å². The van der Waals surface area contributed by atoms with Crippen molar-refractivity contribution in [3.63, 3.8) is 0 Å². The van der Waals surface area contributed by atoms with Gasteiger partial charge < -0.3 is 15.3 Å². The van der Waals surface area contributed by atoms with Gasteiger partial charge in [0.2, 0.25) is 0 Å². The third kappa shape index (κ3) is 5.95. The van der Waals surface area contributed by atoms with Crippen molar-refractivity contribution in [1.82, 2.24) is 10.2 Å². The monoisotopic (exact) mass is 338 g/mol. The van der Waals surface area contributed by atoms with Gasteiger partial charge in [-0.25, -0.2) is 4.79 Å². The fraction of sp³-hybridized carbons (Fsp3) is 0.588. The van der Waals surface area contributed by atoms with Crippen molar-refractivity contribution in [2.45, 2.75) is 31.6 Å². The molecule has 3 unspecified atom stereocenters. The number of nitrogens with zero attached hydrogens (tertiary/aromatic N) is 1. The van der Waals surface area contributed by atoms with Gasteiger partial charge in [0.05, 0.1) is 6.10 Å². The average Bonchev–Trinajstić information content (AvgIpc) is 2.55. The van der Waals surface area contributed by atoms with E-state index in [4.69, 9.17) is 0 Å². The third-order valence-corrected chi connectivity index (χ3v) is 5.52. The lowest BCUT2D eigenvalue weighted by Crippen LogP contribution is -2.48. The highest BCUT2D eigenvalue weighted by molar-refractivity contribution is 7.84. The van der Waals surface area contributed by atoms with Crippen LogP contribution < -0.4 is 5.32 Å². The predicted molar refractivity (Wildman–Crippen MR) is 92.5 cm³/mol. The zero-order chi connectivity index (χ0) is 16.7. The molecule has 5 nitrogen and oxygen atoms in total. The summed E-state index contributed by atoms with van der Waals surface area (Å²) in [5.41, 5.74) is 1.05. The van der Waals surface area contributed by atoms with Gasteiger partial charge in [-0.3, -0.25) is 4.21 Å². The molecule has 1 aliphatic heterocycles. The predicted octanol–water partition coefficient (Wildman–Crippen LogP) is 1.74. The van der Waals surface area contributed by atoms with Crippen LogP contribution in [0, 0.1) is 5.92 Å². The average molecular weight is 338 g/mol. The Balaban J connectivity index is 1.69. The molecule has 2 rings (SSSR count). The number of aliphatic hydroxyl groups is 1. The van der Waals surface area contributed by atoms with Crippen LogP contribution in [0.3, 0.4) is 0 Å². The molecule has 2 N–H and O–H groups in total. The molecule has 3 atom stereocenters. The fourth-order valence-electron chi connectivity index (χ4n) is 2.80. The molecule has 1 fully saturated rings. The van der Waals surface area contributed by atoms with Crippen LogP contribution in [-0.4, -0.2) is 51.7 Å². The molecule has 23 heavy (non-hydrogen) atoms. The number of carbonyl (C=O) groups is 1. The third-order valence-electron chi connectivity index (χ3n) is 4.20. The normalized spacial score (nSPS) is 20.8. The topological polar surface area (TPSA) is 69.6 Å². The number of benzene rings is 1. The van der Waals surface area contributed by atoms with Crippen molar-refractivity contribution in [2.24, 2.45) is 5.92 Å². The second kappa shape index (κ2) is 9.03. The molecule has 1 aliphatic rings. The molecule has 1 heterocycles. The highest BCUT2D eigenvalue weighted by atomic mass is 32.2. The van der Waals surface area contributed by atoms with Crippen LogP contribution in [0.25, 0.3) is 0 Å². The van der Waals surface area contributed by atoms with Gasteiger partial charge >= 0.3 is 6.03 Å². The zero-order valence-corrected chi connectivity index (χ0v) is 14.4. The summed E-state index contributed by atoms with van der Waals surface area (Å²) in [6.07, 6.45) is 1.50. The minimum atomic E-state index is -0.980. The maximum Gasteiger partial charge on any atom is 0.317 e. The highest BCUT2D eigenvalue weighted by Crippen LogP contribution is 2.19. The van der Waals surface area contributed by atoms with Crippen molar-refractivity contribution in [2.75, 3.05) is 25.4 Å². The number of hydrogen-bond donors (Lipinski definition) is 2. The summed E-state index contributed by atoms with van der Waals surface area (Å²) in [5.74, 6) is 1.13. The van der Waals surface area contributed by atoms with Crippen LogP contribution in [0.15, 0.2) is 30.3 Å². The molecule has 0 aliphatic carbocycles. The minimum Gasteiger partial charge on any atom is -0.393 e. The second-order valence-corrected chi connectivity index (χ2v) is 7.67. The van der Waals surface area contributed by atoms with E-state index in [-0.39, 0.29) is 18.1 Å². The molecular formula is C17H26N2O3S. The molecule has 0 radical (unpaired) electrons. The van der Waals surface area contributed by atoms with Gasteiger partial charge in [-0.15, -0.1) is 0 Å². The van der Waals surface area contributed by atoms with Crippen molar-refractivity contribution in [1.29, 1.82) is 0 Å². The quantitative estimate of drug-likeness (QED) is 0.830. The molecule has 6 heteroatoms. The van der Waals surface area contributed by atoms with Crippen LogP contribution in [0.2, 0.25) is 0 Å². The zero-order valence-electron chi connectivity index (χ0n) is 13.6. The number of aliphatic hydroxyl groups excluding tert-OH is 1. The van der Waals surface area contributed by atoms with E-state index in [0.717, 1.165) is 24.9 Å². The van der Waals surface area contributed by atoms with E-state index in [1.807, 2.05) is 30.3 Å². The number of piperidine rings is 1. The van der Waals surface area contributed by atoms with E-state index in [0.29, 0.717) is 24.6 Å². The van der Waals surface area contributed by atoms with Gasteiger partial charge in [0, 0.05) is 47.9 Å². The van der Waals surface area contributed by atoms with Crippen LogP contribution >= 0.6 is 0 Å². The van der Waals surface area contributed by atoms with E-state index >= 15 is 0 Å². The molecule has 1 aromatic carbocycles. The van der Waals surface area contributed by atoms with Gasteiger partial charge in [-0.2, -0.15) is 0 Å². The van der Waals surface area contributed by atoms with Gasteiger partial charge in [-0.05, 0) is 25.3 Å². The molecule has 0 aromatic heterocycles. The first-order valence-corrected chi connectivity index (χ1v) is 9.65. The molecule has 0 saturated carbocycles. The molecular weight excluding hydrogens is 312 g/mol. The van der Waals surface area contributed by atoms with Crippen LogP contribution in [0.1, 0.15) is 25.3 Å². The number of carbonyl (C=O) groups excluding carboxylic acids is 1. The maximum atomic E-state index is 12.1. The number of hydrogen-bond acceptors (Lipinski definition) is 3. The molecule has 128 valence electrons. The first-order chi connectivity index (χ1) is 11.1. The SMILES string of the molecule is CC(O)C1CCCN(C(=O)NCCS(=O)Cc2ccccc2)C1. The largest absolute Gasteiger partial charge is 0.393 e. The van der Waals surface area contributed by atoms with Gasteiger partial charge in [0.1, 0.15) is 0 Å². The van der Waals surface area contributed by atoms with Crippen molar-refractivity contribution >= 4 is 16.8 Å². The Morgan fingerprint density at radius 1 is 1.43 bits per heavy atom. The van der Waals surface area contributed by atoms with Gasteiger partial charge in [-0.1, -0.05) is 30.3 Å². The van der Waals surface area contributed by atoms with Crippen LogP contribution in [0.4, 0.5) is 4.79 Å². The number of nitrogens with one attached hydrogen (secondary N) is 1. The Morgan fingerprint density at radius 2 is 2.17 bits per heavy atom. The van der Waals surface area contributed by atoms with Crippen molar-refractivity contribution < 1.29 is 14.1 Å². The highest BCUT2D eigenvalue weighted by Gasteiger charge is 2.26. The van der Waals surface area contributed by atoms with E-state index in [1.165, 1.54) is 0 Å². The second-order valence-electron chi connectivity index (χ2n) is 6.09.